The monoisotopic (exact) mass is 362 g/mol. The van der Waals surface area contributed by atoms with Gasteiger partial charge < -0.3 is 5.32 Å². The van der Waals surface area contributed by atoms with Crippen molar-refractivity contribution >= 4 is 28.9 Å². The first-order chi connectivity index (χ1) is 13.0. The number of carbonyl (C=O) groups excluding carboxylic acids is 1. The Labute approximate surface area is 154 Å². The standard InChI is InChI=1S/C21H15FN2O3/c22-17-9-11-18(12-10-17)23-21(25)20(16-6-2-1-3-7-16)14-15-5-4-8-19(13-15)24(26)27/h1-14H,(H,23,25)/b20-14-. The highest BCUT2D eigenvalue weighted by Gasteiger charge is 2.14. The van der Waals surface area contributed by atoms with E-state index in [1.54, 1.807) is 42.5 Å². The van der Waals surface area contributed by atoms with Crippen molar-refractivity contribution < 1.29 is 14.1 Å². The lowest BCUT2D eigenvalue weighted by molar-refractivity contribution is -0.384. The van der Waals surface area contributed by atoms with Crippen LogP contribution in [0.1, 0.15) is 11.1 Å². The van der Waals surface area contributed by atoms with E-state index in [9.17, 15) is 19.3 Å². The second kappa shape index (κ2) is 8.05. The third-order valence-electron chi connectivity index (χ3n) is 3.82. The van der Waals surface area contributed by atoms with Crippen LogP contribution in [0.3, 0.4) is 0 Å². The van der Waals surface area contributed by atoms with Crippen molar-refractivity contribution in [2.24, 2.45) is 0 Å². The van der Waals surface area contributed by atoms with Crippen LogP contribution in [0.25, 0.3) is 11.6 Å². The molecule has 0 aromatic heterocycles. The number of carbonyl (C=O) groups is 1. The van der Waals surface area contributed by atoms with Crippen LogP contribution in [0, 0.1) is 15.9 Å². The van der Waals surface area contributed by atoms with Crippen LogP contribution in [0.2, 0.25) is 0 Å². The molecule has 3 rings (SSSR count). The number of rotatable bonds is 5. The van der Waals surface area contributed by atoms with Gasteiger partial charge in [-0.25, -0.2) is 4.39 Å². The highest BCUT2D eigenvalue weighted by Crippen LogP contribution is 2.23. The highest BCUT2D eigenvalue weighted by molar-refractivity contribution is 6.29. The van der Waals surface area contributed by atoms with Gasteiger partial charge in [0.2, 0.25) is 0 Å². The van der Waals surface area contributed by atoms with E-state index in [0.717, 1.165) is 0 Å². The fraction of sp³-hybridized carbons (Fsp3) is 0. The minimum absolute atomic E-state index is 0.0601. The molecular weight excluding hydrogens is 347 g/mol. The second-order valence-corrected chi connectivity index (χ2v) is 5.74. The molecule has 0 bridgehead atoms. The Bertz CT molecular complexity index is 999. The molecule has 0 unspecified atom stereocenters. The fourth-order valence-corrected chi connectivity index (χ4v) is 2.52. The smallest absolute Gasteiger partial charge is 0.270 e. The van der Waals surface area contributed by atoms with Gasteiger partial charge in [0.1, 0.15) is 5.82 Å². The zero-order valence-electron chi connectivity index (χ0n) is 14.1. The maximum atomic E-state index is 13.1. The Morgan fingerprint density at radius 1 is 0.963 bits per heavy atom. The van der Waals surface area contributed by atoms with E-state index in [1.807, 2.05) is 6.07 Å². The maximum Gasteiger partial charge on any atom is 0.270 e. The van der Waals surface area contributed by atoms with Gasteiger partial charge in [0.15, 0.2) is 0 Å². The number of amides is 1. The first-order valence-corrected chi connectivity index (χ1v) is 8.11. The molecule has 3 aromatic carbocycles. The number of halogens is 1. The van der Waals surface area contributed by atoms with Crippen LogP contribution in [-0.4, -0.2) is 10.8 Å². The largest absolute Gasteiger partial charge is 0.322 e. The Hall–Kier alpha value is -3.80. The minimum atomic E-state index is -0.488. The molecule has 0 fully saturated rings. The van der Waals surface area contributed by atoms with Crippen LogP contribution in [0.15, 0.2) is 78.9 Å². The van der Waals surface area contributed by atoms with Crippen molar-refractivity contribution in [3.8, 4) is 0 Å². The van der Waals surface area contributed by atoms with Gasteiger partial charge in [-0.3, -0.25) is 14.9 Å². The van der Waals surface area contributed by atoms with Crippen LogP contribution < -0.4 is 5.32 Å². The molecule has 27 heavy (non-hydrogen) atoms. The molecule has 1 N–H and O–H groups in total. The van der Waals surface area contributed by atoms with Gasteiger partial charge in [0, 0.05) is 23.4 Å². The summed E-state index contributed by atoms with van der Waals surface area (Å²) in [5.41, 5.74) is 1.90. The maximum absolute atomic E-state index is 13.1. The summed E-state index contributed by atoms with van der Waals surface area (Å²) in [5.74, 6) is -0.803. The Kier molecular flexibility index (Phi) is 5.37. The second-order valence-electron chi connectivity index (χ2n) is 5.74. The van der Waals surface area contributed by atoms with Crippen molar-refractivity contribution in [3.63, 3.8) is 0 Å². The van der Waals surface area contributed by atoms with Crippen LogP contribution in [0.5, 0.6) is 0 Å². The topological polar surface area (TPSA) is 72.2 Å². The molecule has 1 amide bonds. The Balaban J connectivity index is 1.98. The average Bonchev–Trinajstić information content (AvgIpc) is 2.68. The third kappa shape index (κ3) is 4.64. The van der Waals surface area contributed by atoms with Gasteiger partial charge >= 0.3 is 0 Å². The SMILES string of the molecule is O=C(Nc1ccc(F)cc1)/C(=C\c1cccc([N+](=O)[O-])c1)c1ccccc1. The normalized spacial score (nSPS) is 11.1. The molecular formula is C21H15FN2O3. The van der Waals surface area contributed by atoms with Crippen molar-refractivity contribution in [1.82, 2.24) is 0 Å². The van der Waals surface area contributed by atoms with E-state index in [1.165, 1.54) is 36.4 Å². The molecule has 3 aromatic rings. The lowest BCUT2D eigenvalue weighted by Gasteiger charge is -2.10. The predicted molar refractivity (Wildman–Crippen MR) is 102 cm³/mol. The van der Waals surface area contributed by atoms with E-state index in [-0.39, 0.29) is 5.69 Å². The Morgan fingerprint density at radius 3 is 2.33 bits per heavy atom. The van der Waals surface area contributed by atoms with Gasteiger partial charge in [-0.05, 0) is 41.5 Å². The minimum Gasteiger partial charge on any atom is -0.322 e. The number of benzene rings is 3. The lowest BCUT2D eigenvalue weighted by atomic mass is 10.0. The summed E-state index contributed by atoms with van der Waals surface area (Å²) in [6.45, 7) is 0. The molecule has 0 aliphatic carbocycles. The molecule has 0 aliphatic heterocycles. The van der Waals surface area contributed by atoms with Gasteiger partial charge in [-0.1, -0.05) is 42.5 Å². The summed E-state index contributed by atoms with van der Waals surface area (Å²) in [7, 11) is 0. The zero-order chi connectivity index (χ0) is 19.2. The summed E-state index contributed by atoms with van der Waals surface area (Å²) >= 11 is 0. The molecule has 134 valence electrons. The molecule has 0 saturated heterocycles. The van der Waals surface area contributed by atoms with E-state index in [0.29, 0.717) is 22.4 Å². The highest BCUT2D eigenvalue weighted by atomic mass is 19.1. The molecule has 0 aliphatic rings. The van der Waals surface area contributed by atoms with Gasteiger partial charge in [-0.15, -0.1) is 0 Å². The first-order valence-electron chi connectivity index (χ1n) is 8.11. The van der Waals surface area contributed by atoms with Crippen LogP contribution >= 0.6 is 0 Å². The van der Waals surface area contributed by atoms with Crippen molar-refractivity contribution in [3.05, 3.63) is 106 Å². The number of hydrogen-bond donors (Lipinski definition) is 1. The number of nitro benzene ring substituents is 1. The van der Waals surface area contributed by atoms with Gasteiger partial charge in [0.25, 0.3) is 11.6 Å². The van der Waals surface area contributed by atoms with Crippen molar-refractivity contribution in [1.29, 1.82) is 0 Å². The number of anilines is 1. The number of non-ortho nitro benzene ring substituents is 1. The quantitative estimate of drug-likeness (QED) is 0.303. The molecule has 5 nitrogen and oxygen atoms in total. The van der Waals surface area contributed by atoms with E-state index < -0.39 is 16.6 Å². The lowest BCUT2D eigenvalue weighted by Crippen LogP contribution is -2.13. The average molecular weight is 362 g/mol. The molecule has 0 heterocycles. The third-order valence-corrected chi connectivity index (χ3v) is 3.82. The first kappa shape index (κ1) is 18.0. The van der Waals surface area contributed by atoms with Crippen LogP contribution in [0.4, 0.5) is 15.8 Å². The number of nitrogens with zero attached hydrogens (tertiary/aromatic N) is 1. The zero-order valence-corrected chi connectivity index (χ0v) is 14.1. The molecule has 6 heteroatoms. The number of nitro groups is 1. The number of nitrogens with one attached hydrogen (secondary N) is 1. The molecule has 0 atom stereocenters. The molecule has 0 radical (unpaired) electrons. The van der Waals surface area contributed by atoms with E-state index in [2.05, 4.69) is 5.32 Å². The summed E-state index contributed by atoms with van der Waals surface area (Å²) in [6, 6.07) is 20.4. The van der Waals surface area contributed by atoms with E-state index >= 15 is 0 Å². The summed E-state index contributed by atoms with van der Waals surface area (Å²) in [6.07, 6.45) is 1.58. The van der Waals surface area contributed by atoms with Gasteiger partial charge in [-0.2, -0.15) is 0 Å². The predicted octanol–water partition coefficient (Wildman–Crippen LogP) is 4.91. The summed E-state index contributed by atoms with van der Waals surface area (Å²) < 4.78 is 13.1. The fourth-order valence-electron chi connectivity index (χ4n) is 2.52. The van der Waals surface area contributed by atoms with Crippen molar-refractivity contribution in [2.75, 3.05) is 5.32 Å². The molecule has 0 saturated carbocycles. The summed E-state index contributed by atoms with van der Waals surface area (Å²) in [5, 5.41) is 13.7. The Morgan fingerprint density at radius 2 is 1.67 bits per heavy atom. The summed E-state index contributed by atoms with van der Waals surface area (Å²) in [4.78, 5) is 23.3. The van der Waals surface area contributed by atoms with Crippen molar-refractivity contribution in [2.45, 2.75) is 0 Å². The van der Waals surface area contributed by atoms with E-state index in [4.69, 9.17) is 0 Å². The number of hydrogen-bond acceptors (Lipinski definition) is 3. The molecule has 0 spiro atoms. The van der Waals surface area contributed by atoms with Crippen LogP contribution in [-0.2, 0) is 4.79 Å². The van der Waals surface area contributed by atoms with Gasteiger partial charge in [0.05, 0.1) is 4.92 Å².